The van der Waals surface area contributed by atoms with Crippen LogP contribution in [0.15, 0.2) is 47.7 Å². The third kappa shape index (κ3) is 4.42. The molecule has 0 unspecified atom stereocenters. The third-order valence-corrected chi connectivity index (χ3v) is 6.02. The van der Waals surface area contributed by atoms with Gasteiger partial charge in [0.15, 0.2) is 0 Å². The monoisotopic (exact) mass is 468 g/mol. The molecular formula is C25H20F4N4O. The van der Waals surface area contributed by atoms with Gasteiger partial charge in [0, 0.05) is 34.6 Å². The van der Waals surface area contributed by atoms with Crippen molar-refractivity contribution in [3.05, 3.63) is 76.6 Å². The Morgan fingerprint density at radius 1 is 1.09 bits per heavy atom. The average Bonchev–Trinajstić information content (AvgIpc) is 3.54. The molecule has 9 heteroatoms. The van der Waals surface area contributed by atoms with Crippen LogP contribution in [0.4, 0.5) is 23.2 Å². The van der Waals surface area contributed by atoms with E-state index in [1.807, 2.05) is 6.07 Å². The Balaban J connectivity index is 1.31. The van der Waals surface area contributed by atoms with Crippen molar-refractivity contribution < 1.29 is 22.4 Å². The molecule has 1 N–H and O–H groups in total. The second kappa shape index (κ2) is 8.30. The Morgan fingerprint density at radius 2 is 1.88 bits per heavy atom. The van der Waals surface area contributed by atoms with E-state index in [-0.39, 0.29) is 23.4 Å². The van der Waals surface area contributed by atoms with Crippen LogP contribution in [-0.2, 0) is 23.9 Å². The summed E-state index contributed by atoms with van der Waals surface area (Å²) in [6.07, 6.45) is 0.170. The number of aromatic nitrogens is 2. The van der Waals surface area contributed by atoms with Crippen molar-refractivity contribution >= 4 is 17.3 Å². The van der Waals surface area contributed by atoms with E-state index in [1.165, 1.54) is 19.1 Å². The Kier molecular flexibility index (Phi) is 5.42. The number of halogens is 4. The van der Waals surface area contributed by atoms with Crippen LogP contribution in [-0.4, -0.2) is 21.6 Å². The number of nitrogens with one attached hydrogen (secondary N) is 1. The maximum Gasteiger partial charge on any atom is 0.418 e. The van der Waals surface area contributed by atoms with E-state index in [4.69, 9.17) is 0 Å². The summed E-state index contributed by atoms with van der Waals surface area (Å²) in [5.41, 5.74) is 3.32. The van der Waals surface area contributed by atoms with E-state index >= 15 is 0 Å². The standard InChI is InChI=1S/C25H20F4N4O/c1-13-20(25(27,28)29)9-18(11-30-13)33-23(34)8-16-5-4-15(7-21(16)26)17-6-19-22(31-10-17)12-32-24(19)14-2-3-14/h4-7,9-11,14H,2-3,8,12H2,1H3,(H,33,34). The molecule has 1 aliphatic heterocycles. The molecule has 5 rings (SSSR count). The van der Waals surface area contributed by atoms with Crippen molar-refractivity contribution in [3.8, 4) is 11.1 Å². The fraction of sp³-hybridized carbons (Fsp3) is 0.280. The van der Waals surface area contributed by atoms with Gasteiger partial charge in [-0.05, 0) is 49.1 Å². The number of aryl methyl sites for hydroxylation is 1. The first-order valence-corrected chi connectivity index (χ1v) is 10.8. The minimum absolute atomic E-state index is 0.0997. The first-order valence-electron chi connectivity index (χ1n) is 10.8. The average molecular weight is 468 g/mol. The molecule has 34 heavy (non-hydrogen) atoms. The summed E-state index contributed by atoms with van der Waals surface area (Å²) in [5.74, 6) is -0.732. The predicted octanol–water partition coefficient (Wildman–Crippen LogP) is 5.50. The van der Waals surface area contributed by atoms with Crippen LogP contribution in [0.1, 0.15) is 40.9 Å². The van der Waals surface area contributed by atoms with Gasteiger partial charge in [-0.1, -0.05) is 12.1 Å². The quantitative estimate of drug-likeness (QED) is 0.503. The topological polar surface area (TPSA) is 67.2 Å². The normalized spacial score (nSPS) is 15.1. The zero-order valence-corrected chi connectivity index (χ0v) is 18.2. The van der Waals surface area contributed by atoms with Crippen molar-refractivity contribution in [2.45, 2.75) is 38.9 Å². The molecule has 1 amide bonds. The molecule has 0 atom stereocenters. The Hall–Kier alpha value is -3.62. The van der Waals surface area contributed by atoms with Crippen LogP contribution in [0, 0.1) is 18.7 Å². The number of pyridine rings is 2. The molecule has 1 aromatic carbocycles. The van der Waals surface area contributed by atoms with Gasteiger partial charge in [0.25, 0.3) is 0 Å². The number of aliphatic imine (C=N–C) groups is 1. The Morgan fingerprint density at radius 3 is 2.59 bits per heavy atom. The van der Waals surface area contributed by atoms with Gasteiger partial charge in [0.05, 0.1) is 36.1 Å². The highest BCUT2D eigenvalue weighted by molar-refractivity contribution is 6.06. The van der Waals surface area contributed by atoms with Gasteiger partial charge in [-0.15, -0.1) is 0 Å². The van der Waals surface area contributed by atoms with E-state index < -0.39 is 23.5 Å². The van der Waals surface area contributed by atoms with Gasteiger partial charge in [-0.25, -0.2) is 4.39 Å². The van der Waals surface area contributed by atoms with Gasteiger partial charge in [-0.2, -0.15) is 13.2 Å². The van der Waals surface area contributed by atoms with Gasteiger partial charge in [0.1, 0.15) is 5.82 Å². The van der Waals surface area contributed by atoms with Crippen molar-refractivity contribution in [2.24, 2.45) is 10.9 Å². The van der Waals surface area contributed by atoms with Crippen LogP contribution in [0.25, 0.3) is 11.1 Å². The minimum Gasteiger partial charge on any atom is -0.324 e. The molecule has 1 fully saturated rings. The van der Waals surface area contributed by atoms with Gasteiger partial charge in [0.2, 0.25) is 5.91 Å². The summed E-state index contributed by atoms with van der Waals surface area (Å²) < 4.78 is 54.0. The minimum atomic E-state index is -4.59. The van der Waals surface area contributed by atoms with E-state index in [9.17, 15) is 22.4 Å². The van der Waals surface area contributed by atoms with Crippen LogP contribution in [0.3, 0.4) is 0 Å². The molecule has 3 heterocycles. The highest BCUT2D eigenvalue weighted by atomic mass is 19.4. The number of alkyl halides is 3. The van der Waals surface area contributed by atoms with Crippen LogP contribution < -0.4 is 5.32 Å². The van der Waals surface area contributed by atoms with Gasteiger partial charge < -0.3 is 5.32 Å². The fourth-order valence-corrected chi connectivity index (χ4v) is 4.09. The highest BCUT2D eigenvalue weighted by Gasteiger charge is 2.34. The second-order valence-electron chi connectivity index (χ2n) is 8.58. The van der Waals surface area contributed by atoms with Gasteiger partial charge >= 0.3 is 6.18 Å². The molecule has 0 bridgehead atoms. The smallest absolute Gasteiger partial charge is 0.324 e. The lowest BCUT2D eigenvalue weighted by atomic mass is 9.99. The molecule has 0 spiro atoms. The molecule has 0 saturated heterocycles. The lowest BCUT2D eigenvalue weighted by Gasteiger charge is -2.12. The maximum absolute atomic E-state index is 14.8. The third-order valence-electron chi connectivity index (χ3n) is 6.02. The summed E-state index contributed by atoms with van der Waals surface area (Å²) in [7, 11) is 0. The van der Waals surface area contributed by atoms with E-state index in [0.717, 1.165) is 47.6 Å². The molecule has 1 aliphatic carbocycles. The van der Waals surface area contributed by atoms with E-state index in [0.29, 0.717) is 18.0 Å². The number of carbonyl (C=O) groups excluding carboxylic acids is 1. The molecule has 0 radical (unpaired) electrons. The molecule has 1 saturated carbocycles. The molecule has 174 valence electrons. The molecule has 2 aliphatic rings. The van der Waals surface area contributed by atoms with Crippen molar-refractivity contribution in [2.75, 3.05) is 5.32 Å². The van der Waals surface area contributed by atoms with Crippen molar-refractivity contribution in [1.82, 2.24) is 9.97 Å². The number of hydrogen-bond donors (Lipinski definition) is 1. The Bertz CT molecular complexity index is 1330. The molecule has 5 nitrogen and oxygen atoms in total. The first kappa shape index (κ1) is 22.2. The lowest BCUT2D eigenvalue weighted by Crippen LogP contribution is -2.17. The second-order valence-corrected chi connectivity index (χ2v) is 8.58. The number of benzene rings is 1. The molecular weight excluding hydrogens is 448 g/mol. The largest absolute Gasteiger partial charge is 0.418 e. The van der Waals surface area contributed by atoms with Crippen LogP contribution in [0.5, 0.6) is 0 Å². The van der Waals surface area contributed by atoms with Crippen LogP contribution in [0.2, 0.25) is 0 Å². The number of carbonyl (C=O) groups is 1. The van der Waals surface area contributed by atoms with E-state index in [1.54, 1.807) is 12.3 Å². The zero-order chi connectivity index (χ0) is 24.0. The first-order chi connectivity index (χ1) is 16.2. The number of anilines is 1. The summed E-state index contributed by atoms with van der Waals surface area (Å²) in [4.78, 5) is 25.1. The van der Waals surface area contributed by atoms with E-state index in [2.05, 4.69) is 20.3 Å². The summed E-state index contributed by atoms with van der Waals surface area (Å²) in [6, 6.07) is 7.34. The number of amides is 1. The number of fused-ring (bicyclic) bond motifs is 1. The predicted molar refractivity (Wildman–Crippen MR) is 119 cm³/mol. The van der Waals surface area contributed by atoms with Crippen molar-refractivity contribution in [1.29, 1.82) is 0 Å². The zero-order valence-electron chi connectivity index (χ0n) is 18.2. The fourth-order valence-electron chi connectivity index (χ4n) is 4.09. The summed E-state index contributed by atoms with van der Waals surface area (Å²) >= 11 is 0. The molecule has 3 aromatic rings. The number of rotatable bonds is 5. The van der Waals surface area contributed by atoms with Crippen molar-refractivity contribution in [3.63, 3.8) is 0 Å². The summed E-state index contributed by atoms with van der Waals surface area (Å²) in [6.45, 7) is 1.81. The van der Waals surface area contributed by atoms with Crippen LogP contribution >= 0.6 is 0 Å². The summed E-state index contributed by atoms with van der Waals surface area (Å²) in [5, 5.41) is 2.36. The number of hydrogen-bond acceptors (Lipinski definition) is 4. The number of nitrogens with zero attached hydrogens (tertiary/aromatic N) is 3. The van der Waals surface area contributed by atoms with Gasteiger partial charge in [-0.3, -0.25) is 19.8 Å². The maximum atomic E-state index is 14.8. The SMILES string of the molecule is Cc1ncc(NC(=O)Cc2ccc(-c3cnc4c(c3)C(C3CC3)=NC4)cc2F)cc1C(F)(F)F. The Labute approximate surface area is 193 Å². The lowest BCUT2D eigenvalue weighted by molar-refractivity contribution is -0.138. The molecule has 2 aromatic heterocycles. The highest BCUT2D eigenvalue weighted by Crippen LogP contribution is 2.38.